The van der Waals surface area contributed by atoms with Gasteiger partial charge in [-0.25, -0.2) is 13.1 Å². The lowest BCUT2D eigenvalue weighted by Gasteiger charge is -2.07. The number of nitrogens with one attached hydrogen (secondary N) is 1. The van der Waals surface area contributed by atoms with Crippen molar-refractivity contribution in [3.05, 3.63) is 70.7 Å². The molecule has 0 amide bonds. The molecule has 0 aliphatic heterocycles. The third kappa shape index (κ3) is 6.18. The van der Waals surface area contributed by atoms with E-state index in [9.17, 15) is 8.42 Å². The van der Waals surface area contributed by atoms with Crippen LogP contribution in [0.25, 0.3) is 0 Å². The lowest BCUT2D eigenvalue weighted by molar-refractivity contribution is 0.579. The van der Waals surface area contributed by atoms with Gasteiger partial charge < -0.3 is 0 Å². The second kappa shape index (κ2) is 8.32. The van der Waals surface area contributed by atoms with Crippen LogP contribution in [-0.4, -0.2) is 20.7 Å². The first-order valence-electron chi connectivity index (χ1n) is 7.31. The van der Waals surface area contributed by atoms with E-state index >= 15 is 0 Å². The maximum absolute atomic E-state index is 11.9. The Morgan fingerprint density at radius 1 is 0.864 bits per heavy atom. The molecule has 0 unspecified atom stereocenters. The zero-order valence-corrected chi connectivity index (χ0v) is 13.9. The number of hydrogen-bond donors (Lipinski definition) is 1. The fourth-order valence-corrected chi connectivity index (χ4v) is 3.39. The van der Waals surface area contributed by atoms with Crippen LogP contribution in [0.15, 0.2) is 54.6 Å². The summed E-state index contributed by atoms with van der Waals surface area (Å²) < 4.78 is 26.5. The lowest BCUT2D eigenvalue weighted by Crippen LogP contribution is -2.28. The Kier molecular flexibility index (Phi) is 6.43. The molecule has 3 nitrogen and oxygen atoms in total. The van der Waals surface area contributed by atoms with Crippen molar-refractivity contribution in [1.29, 1.82) is 0 Å². The Labute approximate surface area is 137 Å². The second-order valence-corrected chi connectivity index (χ2v) is 7.54. The number of sulfonamides is 1. The predicted molar refractivity (Wildman–Crippen MR) is 91.7 cm³/mol. The minimum atomic E-state index is -3.21. The molecule has 5 heteroatoms. The van der Waals surface area contributed by atoms with Crippen molar-refractivity contribution in [2.24, 2.45) is 0 Å². The molecular weight excluding hydrogens is 318 g/mol. The maximum atomic E-state index is 11.9. The summed E-state index contributed by atoms with van der Waals surface area (Å²) in [5.41, 5.74) is 2.23. The van der Waals surface area contributed by atoms with Crippen molar-refractivity contribution in [2.75, 3.05) is 12.3 Å². The summed E-state index contributed by atoms with van der Waals surface area (Å²) in [6.07, 6.45) is 2.06. The third-order valence-electron chi connectivity index (χ3n) is 3.37. The van der Waals surface area contributed by atoms with Gasteiger partial charge in [0.1, 0.15) is 0 Å². The standard InChI is InChI=1S/C17H20ClNO2S/c18-17-10-8-16(9-11-17)12-13-19-22(20,21)14-4-7-15-5-2-1-3-6-15/h1-3,5-6,8-11,19H,4,7,12-14H2. The molecule has 0 aliphatic rings. The van der Waals surface area contributed by atoms with Crippen molar-refractivity contribution < 1.29 is 8.42 Å². The monoisotopic (exact) mass is 337 g/mol. The molecule has 0 fully saturated rings. The molecule has 0 saturated carbocycles. The lowest BCUT2D eigenvalue weighted by atomic mass is 10.1. The molecular formula is C17H20ClNO2S. The van der Waals surface area contributed by atoms with Crippen LogP contribution in [0.3, 0.4) is 0 Å². The molecule has 0 heterocycles. The van der Waals surface area contributed by atoms with Crippen molar-refractivity contribution >= 4 is 21.6 Å². The van der Waals surface area contributed by atoms with Crippen LogP contribution in [0.4, 0.5) is 0 Å². The summed E-state index contributed by atoms with van der Waals surface area (Å²) in [4.78, 5) is 0. The van der Waals surface area contributed by atoms with Gasteiger partial charge in [0.15, 0.2) is 0 Å². The van der Waals surface area contributed by atoms with Gasteiger partial charge in [0, 0.05) is 11.6 Å². The topological polar surface area (TPSA) is 46.2 Å². The molecule has 0 spiro atoms. The van der Waals surface area contributed by atoms with Crippen molar-refractivity contribution in [1.82, 2.24) is 4.72 Å². The van der Waals surface area contributed by atoms with Gasteiger partial charge >= 0.3 is 0 Å². The summed E-state index contributed by atoms with van der Waals surface area (Å²) in [6, 6.07) is 17.4. The first-order valence-corrected chi connectivity index (χ1v) is 9.34. The predicted octanol–water partition coefficient (Wildman–Crippen LogP) is 3.43. The number of halogens is 1. The average Bonchev–Trinajstić information content (AvgIpc) is 2.50. The molecule has 0 radical (unpaired) electrons. The summed E-state index contributed by atoms with van der Waals surface area (Å²) in [5, 5.41) is 0.685. The highest BCUT2D eigenvalue weighted by Gasteiger charge is 2.09. The molecule has 0 aliphatic carbocycles. The second-order valence-electron chi connectivity index (χ2n) is 5.18. The fraction of sp³-hybridized carbons (Fsp3) is 0.294. The van der Waals surface area contributed by atoms with Gasteiger partial charge in [-0.1, -0.05) is 54.1 Å². The highest BCUT2D eigenvalue weighted by atomic mass is 35.5. The number of hydrogen-bond acceptors (Lipinski definition) is 2. The SMILES string of the molecule is O=S(=O)(CCCc1ccccc1)NCCc1ccc(Cl)cc1. The average molecular weight is 338 g/mol. The van der Waals surface area contributed by atoms with Crippen molar-refractivity contribution in [3.63, 3.8) is 0 Å². The van der Waals surface area contributed by atoms with E-state index in [2.05, 4.69) is 4.72 Å². The van der Waals surface area contributed by atoms with Crippen molar-refractivity contribution in [3.8, 4) is 0 Å². The van der Waals surface area contributed by atoms with Gasteiger partial charge in [0.25, 0.3) is 0 Å². The molecule has 1 N–H and O–H groups in total. The number of benzene rings is 2. The van der Waals surface area contributed by atoms with Gasteiger partial charge in [-0.15, -0.1) is 0 Å². The van der Waals surface area contributed by atoms with Crippen LogP contribution in [0.5, 0.6) is 0 Å². The van der Waals surface area contributed by atoms with Gasteiger partial charge in [0.2, 0.25) is 10.0 Å². The number of rotatable bonds is 8. The quantitative estimate of drug-likeness (QED) is 0.802. The Balaban J connectivity index is 1.71. The minimum Gasteiger partial charge on any atom is -0.215 e. The summed E-state index contributed by atoms with van der Waals surface area (Å²) in [7, 11) is -3.21. The summed E-state index contributed by atoms with van der Waals surface area (Å²) in [6.45, 7) is 0.412. The normalized spacial score (nSPS) is 11.5. The van der Waals surface area contributed by atoms with E-state index in [0.717, 1.165) is 12.0 Å². The highest BCUT2D eigenvalue weighted by molar-refractivity contribution is 7.89. The first kappa shape index (κ1) is 17.0. The van der Waals surface area contributed by atoms with E-state index in [4.69, 9.17) is 11.6 Å². The molecule has 2 rings (SSSR count). The summed E-state index contributed by atoms with van der Waals surface area (Å²) in [5.74, 6) is 0.155. The smallest absolute Gasteiger partial charge is 0.211 e. The van der Waals surface area contributed by atoms with Crippen LogP contribution < -0.4 is 4.72 Å². The Bertz CT molecular complexity index is 670. The Morgan fingerprint density at radius 3 is 2.18 bits per heavy atom. The van der Waals surface area contributed by atoms with Gasteiger partial charge in [-0.2, -0.15) is 0 Å². The van der Waals surface area contributed by atoms with Crippen molar-refractivity contribution in [2.45, 2.75) is 19.3 Å². The molecule has 2 aromatic carbocycles. The van der Waals surface area contributed by atoms with E-state index in [0.29, 0.717) is 24.4 Å². The molecule has 0 atom stereocenters. The van der Waals surface area contributed by atoms with Crippen LogP contribution in [0.2, 0.25) is 5.02 Å². The fourth-order valence-electron chi connectivity index (χ4n) is 2.19. The third-order valence-corrected chi connectivity index (χ3v) is 5.09. The van der Waals surface area contributed by atoms with Gasteiger partial charge in [-0.05, 0) is 42.5 Å². The zero-order chi connectivity index (χ0) is 15.8. The van der Waals surface area contributed by atoms with Crippen LogP contribution in [0, 0.1) is 0 Å². The molecule has 2 aromatic rings. The van der Waals surface area contributed by atoms with Crippen LogP contribution >= 0.6 is 11.6 Å². The number of aryl methyl sites for hydroxylation is 1. The molecule has 118 valence electrons. The minimum absolute atomic E-state index is 0.155. The van der Waals surface area contributed by atoms with E-state index in [-0.39, 0.29) is 5.75 Å². The van der Waals surface area contributed by atoms with E-state index in [1.807, 2.05) is 54.6 Å². The Morgan fingerprint density at radius 2 is 1.50 bits per heavy atom. The first-order chi connectivity index (χ1) is 10.6. The van der Waals surface area contributed by atoms with Gasteiger partial charge in [0.05, 0.1) is 5.75 Å². The largest absolute Gasteiger partial charge is 0.215 e. The van der Waals surface area contributed by atoms with E-state index in [1.165, 1.54) is 5.56 Å². The van der Waals surface area contributed by atoms with Crippen LogP contribution in [0.1, 0.15) is 17.5 Å². The van der Waals surface area contributed by atoms with Gasteiger partial charge in [-0.3, -0.25) is 0 Å². The molecule has 0 aromatic heterocycles. The molecule has 0 bridgehead atoms. The summed E-state index contributed by atoms with van der Waals surface area (Å²) >= 11 is 5.81. The highest BCUT2D eigenvalue weighted by Crippen LogP contribution is 2.09. The van der Waals surface area contributed by atoms with E-state index in [1.54, 1.807) is 0 Å². The molecule has 22 heavy (non-hydrogen) atoms. The maximum Gasteiger partial charge on any atom is 0.211 e. The Hall–Kier alpha value is -1.36. The van der Waals surface area contributed by atoms with Crippen LogP contribution in [-0.2, 0) is 22.9 Å². The van der Waals surface area contributed by atoms with E-state index < -0.39 is 10.0 Å². The molecule has 0 saturated heterocycles. The zero-order valence-electron chi connectivity index (χ0n) is 12.3.